The van der Waals surface area contributed by atoms with Gasteiger partial charge in [0.05, 0.1) is 0 Å². The third-order valence-corrected chi connectivity index (χ3v) is 3.60. The highest BCUT2D eigenvalue weighted by molar-refractivity contribution is 4.81. The maximum atomic E-state index is 5.40. The average Bonchev–Trinajstić information content (AvgIpc) is 2.19. The number of ether oxygens (including phenoxy) is 1. The Morgan fingerprint density at radius 1 is 1.08 bits per heavy atom. The summed E-state index contributed by atoms with van der Waals surface area (Å²) >= 11 is 0. The van der Waals surface area contributed by atoms with Crippen LogP contribution in [0.4, 0.5) is 0 Å². The zero-order valence-electron chi connectivity index (χ0n) is 8.59. The summed E-state index contributed by atoms with van der Waals surface area (Å²) in [6.07, 6.45) is 5.37. The van der Waals surface area contributed by atoms with Crippen molar-refractivity contribution in [3.8, 4) is 0 Å². The van der Waals surface area contributed by atoms with Gasteiger partial charge < -0.3 is 10.1 Å². The third kappa shape index (κ3) is 2.44. The standard InChI is InChI=1S/C11H21NO/c1-9-8-11(2-5-12-9)10-3-6-13-7-4-10/h9-12H,2-8H2,1H3. The van der Waals surface area contributed by atoms with E-state index in [1.54, 1.807) is 0 Å². The number of hydrogen-bond donors (Lipinski definition) is 1. The average molecular weight is 183 g/mol. The smallest absolute Gasteiger partial charge is 0.0468 e. The summed E-state index contributed by atoms with van der Waals surface area (Å²) in [7, 11) is 0. The van der Waals surface area contributed by atoms with Crippen molar-refractivity contribution in [1.82, 2.24) is 5.32 Å². The zero-order chi connectivity index (χ0) is 9.10. The van der Waals surface area contributed by atoms with Gasteiger partial charge in [-0.2, -0.15) is 0 Å². The molecule has 2 heteroatoms. The van der Waals surface area contributed by atoms with E-state index in [1.807, 2.05) is 0 Å². The molecular formula is C11H21NO. The van der Waals surface area contributed by atoms with Crippen LogP contribution in [0.25, 0.3) is 0 Å². The van der Waals surface area contributed by atoms with Gasteiger partial charge in [-0.15, -0.1) is 0 Å². The van der Waals surface area contributed by atoms with E-state index in [-0.39, 0.29) is 0 Å². The van der Waals surface area contributed by atoms with E-state index in [2.05, 4.69) is 12.2 Å². The molecule has 2 saturated heterocycles. The van der Waals surface area contributed by atoms with Gasteiger partial charge in [-0.05, 0) is 51.0 Å². The number of piperidine rings is 1. The molecule has 2 atom stereocenters. The number of nitrogens with one attached hydrogen (secondary N) is 1. The maximum Gasteiger partial charge on any atom is 0.0468 e. The molecule has 2 rings (SSSR count). The van der Waals surface area contributed by atoms with Crippen LogP contribution in [0.5, 0.6) is 0 Å². The van der Waals surface area contributed by atoms with E-state index >= 15 is 0 Å². The van der Waals surface area contributed by atoms with Crippen molar-refractivity contribution in [2.45, 2.75) is 38.6 Å². The van der Waals surface area contributed by atoms with Crippen LogP contribution in [0.3, 0.4) is 0 Å². The fourth-order valence-electron chi connectivity index (χ4n) is 2.79. The summed E-state index contributed by atoms with van der Waals surface area (Å²) < 4.78 is 5.40. The van der Waals surface area contributed by atoms with E-state index < -0.39 is 0 Å². The van der Waals surface area contributed by atoms with Gasteiger partial charge in [-0.1, -0.05) is 0 Å². The minimum atomic E-state index is 0.738. The molecule has 0 aromatic heterocycles. The lowest BCUT2D eigenvalue weighted by molar-refractivity contribution is 0.0375. The molecule has 0 aromatic carbocycles. The number of hydrogen-bond acceptors (Lipinski definition) is 2. The molecule has 0 spiro atoms. The van der Waals surface area contributed by atoms with Crippen LogP contribution in [-0.4, -0.2) is 25.8 Å². The van der Waals surface area contributed by atoms with Gasteiger partial charge in [0, 0.05) is 19.3 Å². The predicted octanol–water partition coefficient (Wildman–Crippen LogP) is 1.80. The predicted molar refractivity (Wildman–Crippen MR) is 53.7 cm³/mol. The lowest BCUT2D eigenvalue weighted by Gasteiger charge is -2.35. The highest BCUT2D eigenvalue weighted by Gasteiger charge is 2.27. The van der Waals surface area contributed by atoms with Gasteiger partial charge in [-0.3, -0.25) is 0 Å². The molecule has 2 nitrogen and oxygen atoms in total. The monoisotopic (exact) mass is 183 g/mol. The molecule has 0 aromatic rings. The van der Waals surface area contributed by atoms with Gasteiger partial charge >= 0.3 is 0 Å². The fraction of sp³-hybridized carbons (Fsp3) is 1.00. The first-order valence-electron chi connectivity index (χ1n) is 5.67. The largest absolute Gasteiger partial charge is 0.381 e. The highest BCUT2D eigenvalue weighted by atomic mass is 16.5. The quantitative estimate of drug-likeness (QED) is 0.669. The van der Waals surface area contributed by atoms with E-state index in [9.17, 15) is 0 Å². The Kier molecular flexibility index (Phi) is 3.23. The SMILES string of the molecule is CC1CC(C2CCOCC2)CCN1. The maximum absolute atomic E-state index is 5.40. The Morgan fingerprint density at radius 3 is 2.54 bits per heavy atom. The van der Waals surface area contributed by atoms with Crippen LogP contribution in [-0.2, 0) is 4.74 Å². The van der Waals surface area contributed by atoms with Crippen molar-refractivity contribution in [1.29, 1.82) is 0 Å². The van der Waals surface area contributed by atoms with Crippen LogP contribution in [0, 0.1) is 11.8 Å². The fourth-order valence-corrected chi connectivity index (χ4v) is 2.79. The summed E-state index contributed by atoms with van der Waals surface area (Å²) in [5, 5.41) is 3.52. The van der Waals surface area contributed by atoms with Crippen LogP contribution >= 0.6 is 0 Å². The van der Waals surface area contributed by atoms with Crippen LogP contribution in [0.15, 0.2) is 0 Å². The molecule has 0 amide bonds. The minimum absolute atomic E-state index is 0.738. The molecule has 0 aliphatic carbocycles. The van der Waals surface area contributed by atoms with Gasteiger partial charge in [0.25, 0.3) is 0 Å². The molecule has 0 radical (unpaired) electrons. The Bertz CT molecular complexity index is 154. The molecule has 2 aliphatic rings. The van der Waals surface area contributed by atoms with E-state index in [1.165, 1.54) is 32.2 Å². The topological polar surface area (TPSA) is 21.3 Å². The van der Waals surface area contributed by atoms with E-state index in [0.29, 0.717) is 0 Å². The first-order valence-corrected chi connectivity index (χ1v) is 5.67. The first kappa shape index (κ1) is 9.47. The summed E-state index contributed by atoms with van der Waals surface area (Å²) in [6.45, 7) is 5.54. The Balaban J connectivity index is 1.83. The van der Waals surface area contributed by atoms with Crippen LogP contribution in [0.2, 0.25) is 0 Å². The molecule has 76 valence electrons. The van der Waals surface area contributed by atoms with E-state index in [0.717, 1.165) is 31.1 Å². The van der Waals surface area contributed by atoms with Crippen molar-refractivity contribution in [2.24, 2.45) is 11.8 Å². The summed E-state index contributed by atoms with van der Waals surface area (Å²) in [6, 6.07) is 0.738. The zero-order valence-corrected chi connectivity index (χ0v) is 8.59. The second-order valence-corrected chi connectivity index (χ2v) is 4.59. The van der Waals surface area contributed by atoms with Crippen molar-refractivity contribution in [3.63, 3.8) is 0 Å². The minimum Gasteiger partial charge on any atom is -0.381 e. The lowest BCUT2D eigenvalue weighted by atomic mass is 9.78. The molecule has 0 saturated carbocycles. The van der Waals surface area contributed by atoms with Crippen molar-refractivity contribution >= 4 is 0 Å². The molecule has 0 bridgehead atoms. The lowest BCUT2D eigenvalue weighted by Crippen LogP contribution is -2.39. The molecule has 2 fully saturated rings. The first-order chi connectivity index (χ1) is 6.36. The summed E-state index contributed by atoms with van der Waals surface area (Å²) in [5.74, 6) is 1.93. The van der Waals surface area contributed by atoms with Gasteiger partial charge in [0.15, 0.2) is 0 Å². The van der Waals surface area contributed by atoms with Crippen molar-refractivity contribution < 1.29 is 4.74 Å². The molecule has 13 heavy (non-hydrogen) atoms. The summed E-state index contributed by atoms with van der Waals surface area (Å²) in [4.78, 5) is 0. The van der Waals surface area contributed by atoms with Crippen molar-refractivity contribution in [2.75, 3.05) is 19.8 Å². The van der Waals surface area contributed by atoms with Crippen LogP contribution in [0.1, 0.15) is 32.6 Å². The van der Waals surface area contributed by atoms with Gasteiger partial charge in [-0.25, -0.2) is 0 Å². The number of rotatable bonds is 1. The third-order valence-electron chi connectivity index (χ3n) is 3.60. The Hall–Kier alpha value is -0.0800. The molecule has 2 aliphatic heterocycles. The molecule has 2 heterocycles. The Labute approximate surface area is 81.0 Å². The molecule has 1 N–H and O–H groups in total. The van der Waals surface area contributed by atoms with Gasteiger partial charge in [0.2, 0.25) is 0 Å². The highest BCUT2D eigenvalue weighted by Crippen LogP contribution is 2.31. The molecule has 2 unspecified atom stereocenters. The second kappa shape index (κ2) is 4.43. The van der Waals surface area contributed by atoms with Crippen molar-refractivity contribution in [3.05, 3.63) is 0 Å². The normalized spacial score (nSPS) is 37.6. The van der Waals surface area contributed by atoms with E-state index in [4.69, 9.17) is 4.74 Å². The van der Waals surface area contributed by atoms with Crippen LogP contribution < -0.4 is 5.32 Å². The summed E-state index contributed by atoms with van der Waals surface area (Å²) in [5.41, 5.74) is 0. The van der Waals surface area contributed by atoms with Gasteiger partial charge in [0.1, 0.15) is 0 Å². The molecular weight excluding hydrogens is 162 g/mol. The second-order valence-electron chi connectivity index (χ2n) is 4.59. The Morgan fingerprint density at radius 2 is 1.85 bits per heavy atom.